The minimum absolute atomic E-state index is 0.813. The molecule has 0 saturated carbocycles. The summed E-state index contributed by atoms with van der Waals surface area (Å²) in [6, 6.07) is 16.5. The van der Waals surface area contributed by atoms with E-state index in [0.717, 1.165) is 22.5 Å². The summed E-state index contributed by atoms with van der Waals surface area (Å²) in [5, 5.41) is 1.71. The summed E-state index contributed by atoms with van der Waals surface area (Å²) in [5.41, 5.74) is 3.62. The maximum atomic E-state index is 6.17. The predicted molar refractivity (Wildman–Crippen MR) is 82.6 cm³/mol. The molecule has 0 radical (unpaired) electrons. The van der Waals surface area contributed by atoms with Crippen molar-refractivity contribution < 1.29 is 0 Å². The lowest BCUT2D eigenvalue weighted by molar-refractivity contribution is 0.923. The van der Waals surface area contributed by atoms with E-state index in [1.165, 1.54) is 11.3 Å². The zero-order chi connectivity index (χ0) is 13.0. The van der Waals surface area contributed by atoms with Gasteiger partial charge in [0.1, 0.15) is 0 Å². The molecule has 0 N–H and O–H groups in total. The van der Waals surface area contributed by atoms with Crippen molar-refractivity contribution in [1.29, 1.82) is 0 Å². The number of alkyl halides is 1. The summed E-state index contributed by atoms with van der Waals surface area (Å²) in [6.07, 6.45) is 0. The van der Waals surface area contributed by atoms with E-state index in [-0.39, 0.29) is 0 Å². The standard InChI is InChI=1S/C15H15BrClN/c1-18(11-13-4-2-3-5-15(13)17)14-8-6-12(10-16)7-9-14/h2-9H,10-11H2,1H3. The van der Waals surface area contributed by atoms with Crippen LogP contribution in [0.25, 0.3) is 0 Å². The smallest absolute Gasteiger partial charge is 0.0455 e. The van der Waals surface area contributed by atoms with E-state index in [1.54, 1.807) is 0 Å². The fraction of sp³-hybridized carbons (Fsp3) is 0.200. The van der Waals surface area contributed by atoms with Gasteiger partial charge in [-0.2, -0.15) is 0 Å². The number of halogens is 2. The first-order valence-electron chi connectivity index (χ1n) is 5.80. The molecule has 2 rings (SSSR count). The topological polar surface area (TPSA) is 3.24 Å². The summed E-state index contributed by atoms with van der Waals surface area (Å²) in [5.74, 6) is 0. The van der Waals surface area contributed by atoms with Gasteiger partial charge in [0.2, 0.25) is 0 Å². The van der Waals surface area contributed by atoms with Crippen molar-refractivity contribution in [2.24, 2.45) is 0 Å². The molecule has 0 spiro atoms. The first-order valence-corrected chi connectivity index (χ1v) is 7.30. The summed E-state index contributed by atoms with van der Waals surface area (Å²) in [4.78, 5) is 2.19. The van der Waals surface area contributed by atoms with Crippen molar-refractivity contribution in [3.63, 3.8) is 0 Å². The maximum Gasteiger partial charge on any atom is 0.0455 e. The van der Waals surface area contributed by atoms with E-state index in [4.69, 9.17) is 11.6 Å². The normalized spacial score (nSPS) is 10.4. The molecular weight excluding hydrogens is 310 g/mol. The molecule has 3 heteroatoms. The molecule has 0 bridgehead atoms. The molecule has 0 aliphatic carbocycles. The Morgan fingerprint density at radius 2 is 1.72 bits per heavy atom. The fourth-order valence-electron chi connectivity index (χ4n) is 1.81. The van der Waals surface area contributed by atoms with Crippen LogP contribution in [0.3, 0.4) is 0 Å². The Morgan fingerprint density at radius 3 is 2.33 bits per heavy atom. The molecule has 0 fully saturated rings. The van der Waals surface area contributed by atoms with Gasteiger partial charge in [-0.1, -0.05) is 57.9 Å². The van der Waals surface area contributed by atoms with E-state index in [9.17, 15) is 0 Å². The van der Waals surface area contributed by atoms with Gasteiger partial charge < -0.3 is 4.90 Å². The molecule has 0 saturated heterocycles. The molecule has 0 unspecified atom stereocenters. The largest absolute Gasteiger partial charge is 0.370 e. The number of hydrogen-bond acceptors (Lipinski definition) is 1. The lowest BCUT2D eigenvalue weighted by Crippen LogP contribution is -2.16. The van der Waals surface area contributed by atoms with E-state index in [2.05, 4.69) is 58.2 Å². The van der Waals surface area contributed by atoms with Gasteiger partial charge >= 0.3 is 0 Å². The first kappa shape index (κ1) is 13.4. The van der Waals surface area contributed by atoms with Crippen molar-refractivity contribution in [3.8, 4) is 0 Å². The maximum absolute atomic E-state index is 6.17. The van der Waals surface area contributed by atoms with Crippen LogP contribution in [-0.2, 0) is 11.9 Å². The van der Waals surface area contributed by atoms with Crippen LogP contribution in [0.2, 0.25) is 5.02 Å². The van der Waals surface area contributed by atoms with Gasteiger partial charge in [0.25, 0.3) is 0 Å². The second-order valence-corrected chi connectivity index (χ2v) is 5.22. The Morgan fingerprint density at radius 1 is 1.06 bits per heavy atom. The first-order chi connectivity index (χ1) is 8.70. The van der Waals surface area contributed by atoms with E-state index >= 15 is 0 Å². The van der Waals surface area contributed by atoms with Gasteiger partial charge in [-0.3, -0.25) is 0 Å². The quantitative estimate of drug-likeness (QED) is 0.725. The average Bonchev–Trinajstić information content (AvgIpc) is 2.41. The summed E-state index contributed by atoms with van der Waals surface area (Å²) in [7, 11) is 2.08. The van der Waals surface area contributed by atoms with Crippen molar-refractivity contribution in [2.75, 3.05) is 11.9 Å². The SMILES string of the molecule is CN(Cc1ccccc1Cl)c1ccc(CBr)cc1. The van der Waals surface area contributed by atoms with Crippen LogP contribution in [-0.4, -0.2) is 7.05 Å². The molecular formula is C15H15BrClN. The molecule has 0 aliphatic heterocycles. The van der Waals surface area contributed by atoms with Crippen molar-refractivity contribution in [1.82, 2.24) is 0 Å². The lowest BCUT2D eigenvalue weighted by atomic mass is 10.2. The summed E-state index contributed by atoms with van der Waals surface area (Å²) >= 11 is 9.62. The van der Waals surface area contributed by atoms with Gasteiger partial charge in [-0.05, 0) is 29.3 Å². The van der Waals surface area contributed by atoms with Crippen LogP contribution in [0, 0.1) is 0 Å². The summed E-state index contributed by atoms with van der Waals surface area (Å²) < 4.78 is 0. The fourth-order valence-corrected chi connectivity index (χ4v) is 2.38. The third-order valence-electron chi connectivity index (χ3n) is 2.90. The van der Waals surface area contributed by atoms with Crippen molar-refractivity contribution >= 4 is 33.2 Å². The van der Waals surface area contributed by atoms with Gasteiger partial charge in [0.15, 0.2) is 0 Å². The Hall–Kier alpha value is -0.990. The van der Waals surface area contributed by atoms with Crippen LogP contribution in [0.15, 0.2) is 48.5 Å². The number of rotatable bonds is 4. The molecule has 0 atom stereocenters. The lowest BCUT2D eigenvalue weighted by Gasteiger charge is -2.20. The van der Waals surface area contributed by atoms with Gasteiger partial charge in [-0.15, -0.1) is 0 Å². The van der Waals surface area contributed by atoms with Crippen molar-refractivity contribution in [3.05, 3.63) is 64.7 Å². The minimum Gasteiger partial charge on any atom is -0.370 e. The summed E-state index contributed by atoms with van der Waals surface area (Å²) in [6.45, 7) is 0.813. The number of benzene rings is 2. The average molecular weight is 325 g/mol. The molecule has 2 aromatic carbocycles. The monoisotopic (exact) mass is 323 g/mol. The number of anilines is 1. The highest BCUT2D eigenvalue weighted by Gasteiger charge is 2.04. The van der Waals surface area contributed by atoms with Gasteiger partial charge in [-0.25, -0.2) is 0 Å². The molecule has 0 aliphatic rings. The Kier molecular flexibility index (Phi) is 4.67. The molecule has 94 valence electrons. The second-order valence-electron chi connectivity index (χ2n) is 4.25. The van der Waals surface area contributed by atoms with Crippen LogP contribution in [0.5, 0.6) is 0 Å². The van der Waals surface area contributed by atoms with E-state index in [1.807, 2.05) is 18.2 Å². The number of nitrogens with zero attached hydrogens (tertiary/aromatic N) is 1. The van der Waals surface area contributed by atoms with Crippen LogP contribution >= 0.6 is 27.5 Å². The molecule has 1 nitrogen and oxygen atoms in total. The molecule has 18 heavy (non-hydrogen) atoms. The highest BCUT2D eigenvalue weighted by molar-refractivity contribution is 9.08. The van der Waals surface area contributed by atoms with Crippen LogP contribution in [0.4, 0.5) is 5.69 Å². The van der Waals surface area contributed by atoms with Gasteiger partial charge in [0.05, 0.1) is 0 Å². The van der Waals surface area contributed by atoms with Gasteiger partial charge in [0, 0.05) is 29.6 Å². The zero-order valence-corrected chi connectivity index (χ0v) is 12.6. The Bertz CT molecular complexity index is 510. The molecule has 2 aromatic rings. The second kappa shape index (κ2) is 6.26. The number of hydrogen-bond donors (Lipinski definition) is 0. The van der Waals surface area contributed by atoms with E-state index in [0.29, 0.717) is 0 Å². The Balaban J connectivity index is 2.11. The molecule has 0 amide bonds. The highest BCUT2D eigenvalue weighted by Crippen LogP contribution is 2.21. The van der Waals surface area contributed by atoms with E-state index < -0.39 is 0 Å². The zero-order valence-electron chi connectivity index (χ0n) is 10.2. The molecule has 0 aromatic heterocycles. The Labute approximate surface area is 122 Å². The van der Waals surface area contributed by atoms with Crippen LogP contribution in [0.1, 0.15) is 11.1 Å². The van der Waals surface area contributed by atoms with Crippen molar-refractivity contribution in [2.45, 2.75) is 11.9 Å². The molecule has 0 heterocycles. The highest BCUT2D eigenvalue weighted by atomic mass is 79.9. The predicted octanol–water partition coefficient (Wildman–Crippen LogP) is 4.87. The third-order valence-corrected chi connectivity index (χ3v) is 3.91. The van der Waals surface area contributed by atoms with Crippen LogP contribution < -0.4 is 4.90 Å². The minimum atomic E-state index is 0.813. The third kappa shape index (κ3) is 3.27.